The Bertz CT molecular complexity index is 976. The molecule has 136 valence electrons. The maximum atomic E-state index is 12.8. The van der Waals surface area contributed by atoms with Crippen molar-refractivity contribution in [3.63, 3.8) is 0 Å². The number of hydrogen-bond donors (Lipinski definition) is 1. The van der Waals surface area contributed by atoms with Gasteiger partial charge in [-0.25, -0.2) is 0 Å². The van der Waals surface area contributed by atoms with Crippen LogP contribution in [0.5, 0.6) is 0 Å². The van der Waals surface area contributed by atoms with Gasteiger partial charge >= 0.3 is 0 Å². The van der Waals surface area contributed by atoms with E-state index < -0.39 is 0 Å². The molecule has 2 aromatic carbocycles. The van der Waals surface area contributed by atoms with Crippen LogP contribution in [0.15, 0.2) is 60.8 Å². The highest BCUT2D eigenvalue weighted by Gasteiger charge is 2.19. The fourth-order valence-corrected chi connectivity index (χ4v) is 3.53. The summed E-state index contributed by atoms with van der Waals surface area (Å²) in [6.45, 7) is 1.36. The molecule has 4 rings (SSSR count). The standard InChI is InChI=1S/C22H21N3O2/c26-21(16-8-2-1-3-9-16)18-10-4-5-11-19(18)22(27)23-14-17-15-24-25-13-7-6-12-20(17)25/h1-5,8-11,15H,6-7,12-14H2,(H,23,27). The van der Waals surface area contributed by atoms with Crippen molar-refractivity contribution < 1.29 is 9.59 Å². The molecule has 0 spiro atoms. The molecule has 27 heavy (non-hydrogen) atoms. The van der Waals surface area contributed by atoms with Gasteiger partial charge in [0.05, 0.1) is 11.8 Å². The van der Waals surface area contributed by atoms with Crippen molar-refractivity contribution in [3.05, 3.63) is 88.7 Å². The summed E-state index contributed by atoms with van der Waals surface area (Å²) in [5.41, 5.74) is 3.64. The number of aromatic nitrogens is 2. The Morgan fingerprint density at radius 3 is 2.52 bits per heavy atom. The zero-order chi connectivity index (χ0) is 18.6. The number of nitrogens with one attached hydrogen (secondary N) is 1. The molecule has 0 unspecified atom stereocenters. The van der Waals surface area contributed by atoms with Gasteiger partial charge in [-0.15, -0.1) is 0 Å². The van der Waals surface area contributed by atoms with Gasteiger partial charge in [0.2, 0.25) is 0 Å². The first-order valence-corrected chi connectivity index (χ1v) is 9.24. The number of nitrogens with zero attached hydrogens (tertiary/aromatic N) is 2. The minimum absolute atomic E-state index is 0.149. The van der Waals surface area contributed by atoms with Crippen LogP contribution >= 0.6 is 0 Å². The second kappa shape index (κ2) is 7.58. The van der Waals surface area contributed by atoms with Crippen LogP contribution in [0.3, 0.4) is 0 Å². The molecular formula is C22H21N3O2. The number of carbonyl (C=O) groups is 2. The first-order valence-electron chi connectivity index (χ1n) is 9.24. The lowest BCUT2D eigenvalue weighted by Crippen LogP contribution is -2.25. The fourth-order valence-electron chi connectivity index (χ4n) is 3.53. The zero-order valence-corrected chi connectivity index (χ0v) is 15.0. The molecule has 5 nitrogen and oxygen atoms in total. The van der Waals surface area contributed by atoms with Crippen molar-refractivity contribution in [1.82, 2.24) is 15.1 Å². The number of fused-ring (bicyclic) bond motifs is 1. The van der Waals surface area contributed by atoms with Crippen LogP contribution in [0.4, 0.5) is 0 Å². The number of ketones is 1. The van der Waals surface area contributed by atoms with Crippen LogP contribution < -0.4 is 5.32 Å². The first kappa shape index (κ1) is 17.2. The van der Waals surface area contributed by atoms with Gasteiger partial charge in [0.15, 0.2) is 5.78 Å². The van der Waals surface area contributed by atoms with Crippen LogP contribution in [0.1, 0.15) is 50.4 Å². The minimum Gasteiger partial charge on any atom is -0.348 e. The monoisotopic (exact) mass is 359 g/mol. The summed E-state index contributed by atoms with van der Waals surface area (Å²) in [7, 11) is 0. The van der Waals surface area contributed by atoms with Gasteiger partial charge in [-0.2, -0.15) is 5.10 Å². The van der Waals surface area contributed by atoms with Crippen molar-refractivity contribution in [1.29, 1.82) is 0 Å². The lowest BCUT2D eigenvalue weighted by molar-refractivity contribution is 0.0939. The first-order chi connectivity index (χ1) is 13.2. The molecule has 1 aliphatic heterocycles. The van der Waals surface area contributed by atoms with Crippen molar-refractivity contribution in [3.8, 4) is 0 Å². The van der Waals surface area contributed by atoms with Crippen molar-refractivity contribution in [2.45, 2.75) is 32.4 Å². The average Bonchev–Trinajstić information content (AvgIpc) is 3.15. The van der Waals surface area contributed by atoms with Crippen LogP contribution in [0.25, 0.3) is 0 Å². The van der Waals surface area contributed by atoms with E-state index in [9.17, 15) is 9.59 Å². The van der Waals surface area contributed by atoms with E-state index in [1.54, 1.807) is 36.4 Å². The number of aryl methyl sites for hydroxylation is 1. The van der Waals surface area contributed by atoms with Gasteiger partial charge < -0.3 is 5.32 Å². The highest BCUT2D eigenvalue weighted by molar-refractivity contribution is 6.15. The second-order valence-corrected chi connectivity index (χ2v) is 6.72. The summed E-state index contributed by atoms with van der Waals surface area (Å²) in [5.74, 6) is -0.394. The van der Waals surface area contributed by atoms with Gasteiger partial charge in [-0.1, -0.05) is 48.5 Å². The summed E-state index contributed by atoms with van der Waals surface area (Å²) in [4.78, 5) is 25.6. The Morgan fingerprint density at radius 2 is 1.70 bits per heavy atom. The molecule has 0 aliphatic carbocycles. The molecule has 3 aromatic rings. The predicted octanol–water partition coefficient (Wildman–Crippen LogP) is 3.38. The molecule has 0 bridgehead atoms. The van der Waals surface area contributed by atoms with E-state index >= 15 is 0 Å². The van der Waals surface area contributed by atoms with E-state index in [0.29, 0.717) is 23.2 Å². The number of benzene rings is 2. The minimum atomic E-state index is -0.245. The number of carbonyl (C=O) groups excluding carboxylic acids is 2. The molecule has 0 saturated heterocycles. The number of amides is 1. The normalized spacial score (nSPS) is 13.0. The van der Waals surface area contributed by atoms with Crippen LogP contribution in [-0.4, -0.2) is 21.5 Å². The maximum Gasteiger partial charge on any atom is 0.252 e. The molecule has 2 heterocycles. The Hall–Kier alpha value is -3.21. The Balaban J connectivity index is 1.53. The molecule has 0 atom stereocenters. The molecule has 5 heteroatoms. The van der Waals surface area contributed by atoms with Crippen LogP contribution in [-0.2, 0) is 19.5 Å². The Labute approximate surface area is 158 Å². The third-order valence-corrected chi connectivity index (χ3v) is 4.96. The molecular weight excluding hydrogens is 338 g/mol. The SMILES string of the molecule is O=C(NCc1cnn2c1CCCC2)c1ccccc1C(=O)c1ccccc1. The number of hydrogen-bond acceptors (Lipinski definition) is 3. The van der Waals surface area contributed by atoms with E-state index in [4.69, 9.17) is 0 Å². The van der Waals surface area contributed by atoms with Gasteiger partial charge in [-0.05, 0) is 25.3 Å². The van der Waals surface area contributed by atoms with Crippen LogP contribution in [0.2, 0.25) is 0 Å². The van der Waals surface area contributed by atoms with Crippen molar-refractivity contribution in [2.75, 3.05) is 0 Å². The third-order valence-electron chi connectivity index (χ3n) is 4.96. The predicted molar refractivity (Wildman–Crippen MR) is 103 cm³/mol. The third kappa shape index (κ3) is 3.53. The number of rotatable bonds is 5. The van der Waals surface area contributed by atoms with Crippen molar-refractivity contribution in [2.24, 2.45) is 0 Å². The molecule has 1 N–H and O–H groups in total. The average molecular weight is 359 g/mol. The maximum absolute atomic E-state index is 12.8. The summed E-state index contributed by atoms with van der Waals surface area (Å²) in [6, 6.07) is 16.0. The second-order valence-electron chi connectivity index (χ2n) is 6.72. The van der Waals surface area contributed by atoms with Crippen molar-refractivity contribution >= 4 is 11.7 Å². The zero-order valence-electron chi connectivity index (χ0n) is 15.0. The molecule has 1 aromatic heterocycles. The molecule has 0 radical (unpaired) electrons. The summed E-state index contributed by atoms with van der Waals surface area (Å²) in [5, 5.41) is 7.36. The van der Waals surface area contributed by atoms with Gasteiger partial charge in [-0.3, -0.25) is 14.3 Å². The van der Waals surface area contributed by atoms with E-state index in [1.807, 2.05) is 29.1 Å². The highest BCUT2D eigenvalue weighted by Crippen LogP contribution is 2.19. The Morgan fingerprint density at radius 1 is 0.963 bits per heavy atom. The quantitative estimate of drug-likeness (QED) is 0.710. The van der Waals surface area contributed by atoms with E-state index in [-0.39, 0.29) is 11.7 Å². The molecule has 0 saturated carbocycles. The molecule has 1 aliphatic rings. The smallest absolute Gasteiger partial charge is 0.252 e. The van der Waals surface area contributed by atoms with Crippen LogP contribution in [0, 0.1) is 0 Å². The topological polar surface area (TPSA) is 64.0 Å². The molecule has 1 amide bonds. The fraction of sp³-hybridized carbons (Fsp3) is 0.227. The summed E-state index contributed by atoms with van der Waals surface area (Å²) < 4.78 is 2.03. The van der Waals surface area contributed by atoms with E-state index in [0.717, 1.165) is 31.4 Å². The van der Waals surface area contributed by atoms with Gasteiger partial charge in [0.25, 0.3) is 5.91 Å². The van der Waals surface area contributed by atoms with E-state index in [1.165, 1.54) is 5.69 Å². The molecule has 0 fully saturated rings. The summed E-state index contributed by atoms with van der Waals surface area (Å²) >= 11 is 0. The van der Waals surface area contributed by atoms with Gasteiger partial charge in [0.1, 0.15) is 0 Å². The lowest BCUT2D eigenvalue weighted by Gasteiger charge is -2.15. The van der Waals surface area contributed by atoms with Gasteiger partial charge in [0, 0.05) is 35.5 Å². The Kier molecular flexibility index (Phi) is 4.83. The largest absolute Gasteiger partial charge is 0.348 e. The van der Waals surface area contributed by atoms with E-state index in [2.05, 4.69) is 10.4 Å². The lowest BCUT2D eigenvalue weighted by atomic mass is 9.98. The summed E-state index contributed by atoms with van der Waals surface area (Å²) in [6.07, 6.45) is 5.13. The highest BCUT2D eigenvalue weighted by atomic mass is 16.2.